The van der Waals surface area contributed by atoms with Gasteiger partial charge in [-0.15, -0.1) is 0 Å². The Morgan fingerprint density at radius 3 is 2.82 bits per heavy atom. The lowest BCUT2D eigenvalue weighted by molar-refractivity contribution is -0.121. The summed E-state index contributed by atoms with van der Waals surface area (Å²) in [5.74, 6) is -0.0965. The molecule has 1 aliphatic heterocycles. The molecule has 1 aromatic carbocycles. The summed E-state index contributed by atoms with van der Waals surface area (Å²) >= 11 is 0. The highest BCUT2D eigenvalue weighted by atomic mass is 19.1. The maximum Gasteiger partial charge on any atom is 0.255 e. The van der Waals surface area contributed by atoms with Crippen LogP contribution in [0.5, 0.6) is 0 Å². The van der Waals surface area contributed by atoms with Crippen molar-refractivity contribution >= 4 is 11.8 Å². The summed E-state index contributed by atoms with van der Waals surface area (Å²) in [5, 5.41) is 2.78. The summed E-state index contributed by atoms with van der Waals surface area (Å²) in [5.41, 5.74) is 1.97. The molecule has 148 valence electrons. The molecule has 5 nitrogen and oxygen atoms in total. The van der Waals surface area contributed by atoms with Gasteiger partial charge in [0.2, 0.25) is 5.91 Å². The number of hydrogen-bond donors (Lipinski definition) is 1. The lowest BCUT2D eigenvalue weighted by atomic mass is 9.93. The Morgan fingerprint density at radius 1 is 1.25 bits per heavy atom. The topological polar surface area (TPSA) is 62.3 Å². The monoisotopic (exact) mass is 383 g/mol. The van der Waals surface area contributed by atoms with Crippen molar-refractivity contribution in [3.8, 4) is 0 Å². The molecule has 0 bridgehead atoms. The molecular weight excluding hydrogens is 357 g/mol. The molecule has 0 aliphatic carbocycles. The van der Waals surface area contributed by atoms with Gasteiger partial charge in [-0.05, 0) is 50.3 Å². The number of likely N-dealkylation sites (tertiary alicyclic amines) is 1. The number of benzene rings is 1. The predicted molar refractivity (Wildman–Crippen MR) is 105 cm³/mol. The number of hydrogen-bond acceptors (Lipinski definition) is 3. The van der Waals surface area contributed by atoms with Gasteiger partial charge in [0.1, 0.15) is 5.82 Å². The third-order valence-corrected chi connectivity index (χ3v) is 5.18. The SMILES string of the molecule is Cc1ccc(C(=O)N2CCC[C@H](CCC(=O)NCc3ccccc3F)C2)cn1. The minimum absolute atomic E-state index is 0.00112. The van der Waals surface area contributed by atoms with Gasteiger partial charge in [0, 0.05) is 43.5 Å². The average molecular weight is 383 g/mol. The quantitative estimate of drug-likeness (QED) is 0.831. The van der Waals surface area contributed by atoms with Gasteiger partial charge in [-0.2, -0.15) is 0 Å². The molecule has 28 heavy (non-hydrogen) atoms. The van der Waals surface area contributed by atoms with E-state index in [0.29, 0.717) is 30.0 Å². The smallest absolute Gasteiger partial charge is 0.255 e. The summed E-state index contributed by atoms with van der Waals surface area (Å²) in [6, 6.07) is 10.1. The van der Waals surface area contributed by atoms with Crippen LogP contribution in [0.1, 0.15) is 47.3 Å². The van der Waals surface area contributed by atoms with Gasteiger partial charge in [-0.3, -0.25) is 14.6 Å². The zero-order chi connectivity index (χ0) is 19.9. The lowest BCUT2D eigenvalue weighted by Crippen LogP contribution is -2.40. The van der Waals surface area contributed by atoms with E-state index in [2.05, 4.69) is 10.3 Å². The van der Waals surface area contributed by atoms with E-state index in [1.807, 2.05) is 24.0 Å². The number of halogens is 1. The fourth-order valence-corrected chi connectivity index (χ4v) is 3.52. The van der Waals surface area contributed by atoms with Crippen LogP contribution >= 0.6 is 0 Å². The summed E-state index contributed by atoms with van der Waals surface area (Å²) in [4.78, 5) is 30.8. The Bertz CT molecular complexity index is 823. The third-order valence-electron chi connectivity index (χ3n) is 5.18. The number of carbonyl (C=O) groups is 2. The minimum Gasteiger partial charge on any atom is -0.352 e. The highest BCUT2D eigenvalue weighted by molar-refractivity contribution is 5.94. The maximum atomic E-state index is 13.6. The van der Waals surface area contributed by atoms with Crippen LogP contribution in [0.15, 0.2) is 42.6 Å². The summed E-state index contributed by atoms with van der Waals surface area (Å²) < 4.78 is 13.6. The Balaban J connectivity index is 1.45. The molecule has 1 N–H and O–H groups in total. The predicted octanol–water partition coefficient (Wildman–Crippen LogP) is 3.48. The van der Waals surface area contributed by atoms with E-state index in [9.17, 15) is 14.0 Å². The zero-order valence-corrected chi connectivity index (χ0v) is 16.2. The van der Waals surface area contributed by atoms with Gasteiger partial charge < -0.3 is 10.2 Å². The van der Waals surface area contributed by atoms with E-state index in [1.165, 1.54) is 6.07 Å². The number of carbonyl (C=O) groups excluding carboxylic acids is 2. The average Bonchev–Trinajstić information content (AvgIpc) is 2.72. The molecule has 0 spiro atoms. The van der Waals surface area contributed by atoms with Crippen molar-refractivity contribution in [2.24, 2.45) is 5.92 Å². The zero-order valence-electron chi connectivity index (χ0n) is 16.2. The van der Waals surface area contributed by atoms with Gasteiger partial charge in [0.15, 0.2) is 0 Å². The van der Waals surface area contributed by atoms with E-state index in [1.54, 1.807) is 24.4 Å². The van der Waals surface area contributed by atoms with Crippen molar-refractivity contribution in [2.45, 2.75) is 39.2 Å². The molecule has 0 saturated carbocycles. The van der Waals surface area contributed by atoms with Crippen LogP contribution in [0.4, 0.5) is 4.39 Å². The van der Waals surface area contributed by atoms with Gasteiger partial charge in [-0.1, -0.05) is 18.2 Å². The van der Waals surface area contributed by atoms with Crippen molar-refractivity contribution in [3.05, 3.63) is 65.2 Å². The van der Waals surface area contributed by atoms with Crippen LogP contribution in [-0.4, -0.2) is 34.8 Å². The number of nitrogens with zero attached hydrogens (tertiary/aromatic N) is 2. The first-order valence-electron chi connectivity index (χ1n) is 9.75. The molecule has 1 fully saturated rings. The fraction of sp³-hybridized carbons (Fsp3) is 0.409. The van der Waals surface area contributed by atoms with Crippen LogP contribution in [0.2, 0.25) is 0 Å². The van der Waals surface area contributed by atoms with Gasteiger partial charge in [0.25, 0.3) is 5.91 Å². The number of aromatic nitrogens is 1. The van der Waals surface area contributed by atoms with Crippen molar-refractivity contribution in [1.29, 1.82) is 0 Å². The lowest BCUT2D eigenvalue weighted by Gasteiger charge is -2.32. The number of nitrogens with one attached hydrogen (secondary N) is 1. The molecule has 1 saturated heterocycles. The second-order valence-electron chi connectivity index (χ2n) is 7.35. The number of aryl methyl sites for hydroxylation is 1. The molecule has 2 amide bonds. The molecule has 2 heterocycles. The Kier molecular flexibility index (Phi) is 6.74. The van der Waals surface area contributed by atoms with Crippen LogP contribution in [0.25, 0.3) is 0 Å². The van der Waals surface area contributed by atoms with Crippen molar-refractivity contribution < 1.29 is 14.0 Å². The molecular formula is C22H26FN3O2. The minimum atomic E-state index is -0.310. The second kappa shape index (κ2) is 9.44. The highest BCUT2D eigenvalue weighted by Crippen LogP contribution is 2.22. The Labute approximate surface area is 165 Å². The van der Waals surface area contributed by atoms with E-state index < -0.39 is 0 Å². The van der Waals surface area contributed by atoms with Crippen LogP contribution < -0.4 is 5.32 Å². The van der Waals surface area contributed by atoms with Crippen LogP contribution in [-0.2, 0) is 11.3 Å². The number of piperidine rings is 1. The maximum absolute atomic E-state index is 13.6. The van der Waals surface area contributed by atoms with E-state index in [4.69, 9.17) is 0 Å². The first kappa shape index (κ1) is 20.0. The standard InChI is InChI=1S/C22H26FN3O2/c1-16-8-10-19(14-24-16)22(28)26-12-4-5-17(15-26)9-11-21(27)25-13-18-6-2-3-7-20(18)23/h2-3,6-8,10,14,17H,4-5,9,11-13,15H2,1H3,(H,25,27)/t17-/m1/s1. The van der Waals surface area contributed by atoms with Gasteiger partial charge >= 0.3 is 0 Å². The van der Waals surface area contributed by atoms with E-state index in [0.717, 1.165) is 31.5 Å². The van der Waals surface area contributed by atoms with Crippen LogP contribution in [0.3, 0.4) is 0 Å². The summed E-state index contributed by atoms with van der Waals surface area (Å²) in [6.07, 6.45) is 4.67. The van der Waals surface area contributed by atoms with Crippen molar-refractivity contribution in [3.63, 3.8) is 0 Å². The van der Waals surface area contributed by atoms with E-state index in [-0.39, 0.29) is 24.2 Å². The fourth-order valence-electron chi connectivity index (χ4n) is 3.52. The normalized spacial score (nSPS) is 16.6. The molecule has 2 aromatic rings. The molecule has 1 aromatic heterocycles. The molecule has 1 atom stereocenters. The van der Waals surface area contributed by atoms with Gasteiger partial charge in [0.05, 0.1) is 5.56 Å². The molecule has 6 heteroatoms. The number of amides is 2. The Morgan fingerprint density at radius 2 is 2.07 bits per heavy atom. The third kappa shape index (κ3) is 5.38. The van der Waals surface area contributed by atoms with E-state index >= 15 is 0 Å². The van der Waals surface area contributed by atoms with Crippen molar-refractivity contribution in [2.75, 3.05) is 13.1 Å². The number of pyridine rings is 1. The van der Waals surface area contributed by atoms with Crippen LogP contribution in [0, 0.1) is 18.7 Å². The second-order valence-corrected chi connectivity index (χ2v) is 7.35. The first-order chi connectivity index (χ1) is 13.5. The summed E-state index contributed by atoms with van der Waals surface area (Å²) in [7, 11) is 0. The molecule has 1 aliphatic rings. The molecule has 3 rings (SSSR count). The molecule has 0 unspecified atom stereocenters. The summed E-state index contributed by atoms with van der Waals surface area (Å²) in [6.45, 7) is 3.49. The first-order valence-corrected chi connectivity index (χ1v) is 9.75. The van der Waals surface area contributed by atoms with Gasteiger partial charge in [-0.25, -0.2) is 4.39 Å². The largest absolute Gasteiger partial charge is 0.352 e. The number of rotatable bonds is 6. The van der Waals surface area contributed by atoms with Crippen molar-refractivity contribution in [1.82, 2.24) is 15.2 Å². The highest BCUT2D eigenvalue weighted by Gasteiger charge is 2.25. The Hall–Kier alpha value is -2.76. The molecule has 0 radical (unpaired) electrons.